The summed E-state index contributed by atoms with van der Waals surface area (Å²) in [5, 5.41) is 5.10. The maximum atomic E-state index is 14.0. The molecule has 1 unspecified atom stereocenters. The number of alkyl halides is 1. The molecule has 1 aliphatic heterocycles. The average molecular weight is 463 g/mol. The molecule has 32 heavy (non-hydrogen) atoms. The van der Waals surface area contributed by atoms with Crippen LogP contribution < -0.4 is 4.90 Å². The van der Waals surface area contributed by atoms with Gasteiger partial charge in [0, 0.05) is 54.6 Å². The first-order valence-electron chi connectivity index (χ1n) is 11.1. The molecule has 0 spiro atoms. The number of nitrogens with zero attached hydrogens (tertiary/aromatic N) is 4. The van der Waals surface area contributed by atoms with E-state index >= 15 is 0 Å². The lowest BCUT2D eigenvalue weighted by Gasteiger charge is -2.37. The van der Waals surface area contributed by atoms with Crippen molar-refractivity contribution in [1.82, 2.24) is 14.7 Å². The Morgan fingerprint density at radius 1 is 1.25 bits per heavy atom. The predicted molar refractivity (Wildman–Crippen MR) is 120 cm³/mol. The number of hydrogen-bond donors (Lipinski definition) is 0. The number of esters is 1. The number of aromatic nitrogens is 2. The van der Waals surface area contributed by atoms with Gasteiger partial charge < -0.3 is 14.5 Å². The van der Waals surface area contributed by atoms with E-state index in [0.717, 1.165) is 22.0 Å². The molecule has 2 aromatic rings. The van der Waals surface area contributed by atoms with E-state index in [1.807, 2.05) is 30.0 Å². The summed E-state index contributed by atoms with van der Waals surface area (Å²) in [4.78, 5) is 29.4. The monoisotopic (exact) mass is 462 g/mol. The first kappa shape index (κ1) is 22.6. The molecule has 1 saturated heterocycles. The average Bonchev–Trinajstić information content (AvgIpc) is 3.13. The van der Waals surface area contributed by atoms with Crippen LogP contribution in [0.15, 0.2) is 18.2 Å². The molecule has 1 aliphatic carbocycles. The number of carbonyl (C=O) groups is 2. The number of amides is 1. The quantitative estimate of drug-likeness (QED) is 0.638. The summed E-state index contributed by atoms with van der Waals surface area (Å²) in [5.74, 6) is -0.620. The van der Waals surface area contributed by atoms with Crippen LogP contribution >= 0.6 is 11.6 Å². The minimum atomic E-state index is -1.01. The van der Waals surface area contributed by atoms with Crippen LogP contribution in [0.25, 0.3) is 0 Å². The minimum absolute atomic E-state index is 0.0366. The molecule has 2 aliphatic rings. The van der Waals surface area contributed by atoms with Crippen molar-refractivity contribution < 1.29 is 18.7 Å². The summed E-state index contributed by atoms with van der Waals surface area (Å²) >= 11 is 6.26. The second-order valence-corrected chi connectivity index (χ2v) is 8.65. The SMILES string of the molecule is CCOC(=O)c1nn(CC(=O)N2CCN(c3cccc(Cl)c3C)CC2)c2c1CC(F)CC2. The Bertz CT molecular complexity index is 1020. The summed E-state index contributed by atoms with van der Waals surface area (Å²) in [6, 6.07) is 5.86. The molecule has 1 amide bonds. The number of hydrogen-bond acceptors (Lipinski definition) is 5. The standard InChI is InChI=1S/C23H28ClFN4O3/c1-3-32-23(31)22-17-13-16(25)7-8-20(17)29(26-22)14-21(30)28-11-9-27(10-12-28)19-6-4-5-18(24)15(19)2/h4-6,16H,3,7-14H2,1-2H3. The normalized spacial score (nSPS) is 18.4. The van der Waals surface area contributed by atoms with Crippen molar-refractivity contribution in [2.24, 2.45) is 0 Å². The second-order valence-electron chi connectivity index (χ2n) is 8.24. The number of halogens is 2. The van der Waals surface area contributed by atoms with Gasteiger partial charge in [-0.05, 0) is 44.4 Å². The fraction of sp³-hybridized carbons (Fsp3) is 0.522. The zero-order chi connectivity index (χ0) is 22.8. The van der Waals surface area contributed by atoms with Gasteiger partial charge >= 0.3 is 5.97 Å². The molecule has 4 rings (SSSR count). The van der Waals surface area contributed by atoms with Crippen LogP contribution in [-0.2, 0) is 28.9 Å². The molecule has 0 bridgehead atoms. The van der Waals surface area contributed by atoms with Crippen LogP contribution in [0.5, 0.6) is 0 Å². The Labute approximate surface area is 192 Å². The van der Waals surface area contributed by atoms with Crippen LogP contribution in [0.1, 0.15) is 40.7 Å². The van der Waals surface area contributed by atoms with E-state index in [1.54, 1.807) is 11.6 Å². The highest BCUT2D eigenvalue weighted by atomic mass is 35.5. The van der Waals surface area contributed by atoms with E-state index in [1.165, 1.54) is 0 Å². The Balaban J connectivity index is 1.45. The van der Waals surface area contributed by atoms with Crippen molar-refractivity contribution in [2.75, 3.05) is 37.7 Å². The molecule has 0 radical (unpaired) electrons. The van der Waals surface area contributed by atoms with Crippen LogP contribution in [0.4, 0.5) is 10.1 Å². The summed E-state index contributed by atoms with van der Waals surface area (Å²) in [6.07, 6.45) is -0.0489. The molecule has 7 nitrogen and oxygen atoms in total. The topological polar surface area (TPSA) is 67.7 Å². The van der Waals surface area contributed by atoms with E-state index in [-0.39, 0.29) is 31.2 Å². The van der Waals surface area contributed by atoms with Gasteiger partial charge in [-0.1, -0.05) is 17.7 Å². The Morgan fingerprint density at radius 2 is 2.00 bits per heavy atom. The number of benzene rings is 1. The molecule has 1 aromatic carbocycles. The van der Waals surface area contributed by atoms with E-state index in [0.29, 0.717) is 44.6 Å². The number of fused-ring (bicyclic) bond motifs is 1. The van der Waals surface area contributed by atoms with E-state index in [4.69, 9.17) is 16.3 Å². The van der Waals surface area contributed by atoms with E-state index in [9.17, 15) is 14.0 Å². The smallest absolute Gasteiger partial charge is 0.359 e. The molecule has 1 aromatic heterocycles. The molecular weight excluding hydrogens is 435 g/mol. The lowest BCUT2D eigenvalue weighted by molar-refractivity contribution is -0.132. The minimum Gasteiger partial charge on any atom is -0.461 e. The van der Waals surface area contributed by atoms with Gasteiger partial charge in [0.1, 0.15) is 12.7 Å². The van der Waals surface area contributed by atoms with Gasteiger partial charge in [-0.15, -0.1) is 0 Å². The zero-order valence-corrected chi connectivity index (χ0v) is 19.2. The van der Waals surface area contributed by atoms with Gasteiger partial charge in [0.2, 0.25) is 5.91 Å². The van der Waals surface area contributed by atoms with Crippen molar-refractivity contribution in [2.45, 2.75) is 45.8 Å². The van der Waals surface area contributed by atoms with Crippen LogP contribution in [0.2, 0.25) is 5.02 Å². The Morgan fingerprint density at radius 3 is 2.72 bits per heavy atom. The maximum absolute atomic E-state index is 14.0. The number of anilines is 1. The predicted octanol–water partition coefficient (Wildman–Crippen LogP) is 3.20. The van der Waals surface area contributed by atoms with Gasteiger partial charge in [0.15, 0.2) is 5.69 Å². The van der Waals surface area contributed by atoms with Gasteiger partial charge in [0.25, 0.3) is 0 Å². The Kier molecular flexibility index (Phi) is 6.69. The molecule has 0 saturated carbocycles. The van der Waals surface area contributed by atoms with Crippen molar-refractivity contribution in [3.8, 4) is 0 Å². The van der Waals surface area contributed by atoms with Crippen molar-refractivity contribution >= 4 is 29.2 Å². The fourth-order valence-corrected chi connectivity index (χ4v) is 4.67. The first-order valence-corrected chi connectivity index (χ1v) is 11.4. The molecular formula is C23H28ClFN4O3. The van der Waals surface area contributed by atoms with Crippen molar-refractivity contribution in [3.63, 3.8) is 0 Å². The molecule has 9 heteroatoms. The lowest BCUT2D eigenvalue weighted by Crippen LogP contribution is -2.50. The van der Waals surface area contributed by atoms with E-state index in [2.05, 4.69) is 10.00 Å². The molecule has 172 valence electrons. The molecule has 2 heterocycles. The molecule has 1 atom stereocenters. The number of carbonyl (C=O) groups excluding carboxylic acids is 2. The zero-order valence-electron chi connectivity index (χ0n) is 18.4. The van der Waals surface area contributed by atoms with Crippen LogP contribution in [0, 0.1) is 6.92 Å². The highest BCUT2D eigenvalue weighted by Gasteiger charge is 2.31. The van der Waals surface area contributed by atoms with Crippen molar-refractivity contribution in [1.29, 1.82) is 0 Å². The fourth-order valence-electron chi connectivity index (χ4n) is 4.50. The summed E-state index contributed by atoms with van der Waals surface area (Å²) < 4.78 is 20.7. The maximum Gasteiger partial charge on any atom is 0.359 e. The lowest BCUT2D eigenvalue weighted by atomic mass is 9.94. The third kappa shape index (κ3) is 4.46. The third-order valence-corrected chi connectivity index (χ3v) is 6.66. The first-order chi connectivity index (χ1) is 15.4. The van der Waals surface area contributed by atoms with Gasteiger partial charge in [0.05, 0.1) is 6.61 Å². The second kappa shape index (κ2) is 9.48. The molecule has 0 N–H and O–H groups in total. The number of piperazine rings is 1. The number of ether oxygens (including phenoxy) is 1. The van der Waals surface area contributed by atoms with Gasteiger partial charge in [-0.25, -0.2) is 9.18 Å². The summed E-state index contributed by atoms with van der Waals surface area (Å²) in [5.41, 5.74) is 3.61. The highest BCUT2D eigenvalue weighted by molar-refractivity contribution is 6.31. The highest BCUT2D eigenvalue weighted by Crippen LogP contribution is 2.29. The summed E-state index contributed by atoms with van der Waals surface area (Å²) in [6.45, 7) is 6.57. The third-order valence-electron chi connectivity index (χ3n) is 6.25. The number of rotatable bonds is 5. The Hall–Kier alpha value is -2.61. The van der Waals surface area contributed by atoms with Crippen LogP contribution in [-0.4, -0.2) is 65.5 Å². The van der Waals surface area contributed by atoms with Gasteiger partial charge in [-0.3, -0.25) is 9.48 Å². The molecule has 1 fully saturated rings. The van der Waals surface area contributed by atoms with Crippen LogP contribution in [0.3, 0.4) is 0 Å². The van der Waals surface area contributed by atoms with Crippen molar-refractivity contribution in [3.05, 3.63) is 45.7 Å². The summed E-state index contributed by atoms with van der Waals surface area (Å²) in [7, 11) is 0. The van der Waals surface area contributed by atoms with E-state index < -0.39 is 12.1 Å². The van der Waals surface area contributed by atoms with Gasteiger partial charge in [-0.2, -0.15) is 5.10 Å². The largest absolute Gasteiger partial charge is 0.461 e.